The lowest BCUT2D eigenvalue weighted by Crippen LogP contribution is -2.13. The first kappa shape index (κ1) is 17.5. The molecule has 0 saturated carbocycles. The van der Waals surface area contributed by atoms with E-state index in [1.54, 1.807) is 32.4 Å². The topological polar surface area (TPSA) is 89.3 Å². The van der Waals surface area contributed by atoms with Crippen molar-refractivity contribution in [3.63, 3.8) is 0 Å². The van der Waals surface area contributed by atoms with Crippen LogP contribution in [0.15, 0.2) is 53.3 Å². The molecule has 2 N–H and O–H groups in total. The Morgan fingerprint density at radius 2 is 2.12 bits per heavy atom. The summed E-state index contributed by atoms with van der Waals surface area (Å²) >= 11 is 0. The molecule has 7 nitrogen and oxygen atoms in total. The Hall–Kier alpha value is -3.35. The molecule has 134 valence electrons. The molecular formula is C19H20N4O3. The van der Waals surface area contributed by atoms with Gasteiger partial charge in [-0.2, -0.15) is 0 Å². The summed E-state index contributed by atoms with van der Waals surface area (Å²) < 4.78 is 10.2. The standard InChI is InChI=1S/C19H20N4O3/c1-13-8-18(23-26-13)22-19(24)15-10-16(12-20-11-15)21-7-6-14-4-3-5-17(9-14)25-2/h3-5,8-12,21H,6-7H2,1-2H3,(H,22,23,24). The van der Waals surface area contributed by atoms with Crippen LogP contribution in [0.25, 0.3) is 0 Å². The first-order valence-electron chi connectivity index (χ1n) is 8.20. The SMILES string of the molecule is COc1cccc(CCNc2cncc(C(=O)Nc3cc(C)on3)c2)c1. The number of amides is 1. The molecule has 0 bridgehead atoms. The molecule has 0 aliphatic rings. The molecule has 0 radical (unpaired) electrons. The van der Waals surface area contributed by atoms with E-state index in [9.17, 15) is 4.79 Å². The zero-order valence-corrected chi connectivity index (χ0v) is 14.7. The molecule has 2 aromatic heterocycles. The molecule has 0 unspecified atom stereocenters. The Balaban J connectivity index is 1.57. The molecule has 0 atom stereocenters. The summed E-state index contributed by atoms with van der Waals surface area (Å²) in [5.74, 6) is 1.56. The Kier molecular flexibility index (Phi) is 5.48. The minimum atomic E-state index is -0.290. The van der Waals surface area contributed by atoms with Gasteiger partial charge in [-0.1, -0.05) is 17.3 Å². The average Bonchev–Trinajstić information content (AvgIpc) is 3.07. The van der Waals surface area contributed by atoms with Crippen LogP contribution in [0.3, 0.4) is 0 Å². The molecule has 0 aliphatic carbocycles. The van der Waals surface area contributed by atoms with Crippen LogP contribution >= 0.6 is 0 Å². The third-order valence-electron chi connectivity index (χ3n) is 3.75. The van der Waals surface area contributed by atoms with Gasteiger partial charge < -0.3 is 19.9 Å². The van der Waals surface area contributed by atoms with Gasteiger partial charge in [-0.3, -0.25) is 9.78 Å². The van der Waals surface area contributed by atoms with E-state index < -0.39 is 0 Å². The highest BCUT2D eigenvalue weighted by Crippen LogP contribution is 2.15. The molecule has 0 saturated heterocycles. The lowest BCUT2D eigenvalue weighted by molar-refractivity contribution is 0.102. The van der Waals surface area contributed by atoms with Crippen LogP contribution in [0.1, 0.15) is 21.7 Å². The van der Waals surface area contributed by atoms with E-state index in [1.807, 2.05) is 24.3 Å². The first-order valence-corrected chi connectivity index (χ1v) is 8.20. The van der Waals surface area contributed by atoms with Crippen molar-refractivity contribution in [3.05, 3.63) is 65.7 Å². The van der Waals surface area contributed by atoms with Crippen molar-refractivity contribution in [2.75, 3.05) is 24.3 Å². The van der Waals surface area contributed by atoms with Crippen LogP contribution in [-0.2, 0) is 6.42 Å². The second-order valence-electron chi connectivity index (χ2n) is 5.77. The number of nitrogens with one attached hydrogen (secondary N) is 2. The number of hydrogen-bond acceptors (Lipinski definition) is 6. The van der Waals surface area contributed by atoms with Crippen LogP contribution < -0.4 is 15.4 Å². The minimum Gasteiger partial charge on any atom is -0.497 e. The zero-order valence-electron chi connectivity index (χ0n) is 14.7. The van der Waals surface area contributed by atoms with Gasteiger partial charge in [-0.25, -0.2) is 0 Å². The number of methoxy groups -OCH3 is 1. The van der Waals surface area contributed by atoms with Gasteiger partial charge in [-0.15, -0.1) is 0 Å². The van der Waals surface area contributed by atoms with Crippen LogP contribution in [-0.4, -0.2) is 29.7 Å². The molecule has 3 aromatic rings. The van der Waals surface area contributed by atoms with E-state index in [-0.39, 0.29) is 5.91 Å². The lowest BCUT2D eigenvalue weighted by atomic mass is 10.1. The van der Waals surface area contributed by atoms with Crippen LogP contribution in [0.4, 0.5) is 11.5 Å². The number of hydrogen-bond donors (Lipinski definition) is 2. The van der Waals surface area contributed by atoms with E-state index in [1.165, 1.54) is 11.8 Å². The van der Waals surface area contributed by atoms with Gasteiger partial charge in [-0.05, 0) is 37.1 Å². The third-order valence-corrected chi connectivity index (χ3v) is 3.75. The van der Waals surface area contributed by atoms with Crippen LogP contribution in [0, 0.1) is 6.92 Å². The predicted octanol–water partition coefficient (Wildman–Crippen LogP) is 3.29. The number of carbonyl (C=O) groups excluding carboxylic acids is 1. The van der Waals surface area contributed by atoms with Gasteiger partial charge in [0.25, 0.3) is 5.91 Å². The van der Waals surface area contributed by atoms with Gasteiger partial charge >= 0.3 is 0 Å². The summed E-state index contributed by atoms with van der Waals surface area (Å²) in [7, 11) is 1.65. The van der Waals surface area contributed by atoms with E-state index in [4.69, 9.17) is 9.26 Å². The molecule has 1 amide bonds. The van der Waals surface area contributed by atoms with Crippen LogP contribution in [0.2, 0.25) is 0 Å². The van der Waals surface area contributed by atoms with Gasteiger partial charge in [0, 0.05) is 25.0 Å². The molecule has 0 fully saturated rings. The molecule has 2 heterocycles. The highest BCUT2D eigenvalue weighted by Gasteiger charge is 2.10. The number of nitrogens with zero attached hydrogens (tertiary/aromatic N) is 2. The monoisotopic (exact) mass is 352 g/mol. The van der Waals surface area contributed by atoms with E-state index in [0.29, 0.717) is 23.7 Å². The number of benzene rings is 1. The Bertz CT molecular complexity index is 892. The fraction of sp³-hybridized carbons (Fsp3) is 0.211. The van der Waals surface area contributed by atoms with Crippen molar-refractivity contribution < 1.29 is 14.1 Å². The van der Waals surface area contributed by atoms with Gasteiger partial charge in [0.2, 0.25) is 0 Å². The number of ether oxygens (including phenoxy) is 1. The first-order chi connectivity index (χ1) is 12.6. The molecule has 0 aliphatic heterocycles. The number of aryl methyl sites for hydroxylation is 1. The molecule has 1 aromatic carbocycles. The third kappa shape index (κ3) is 4.60. The zero-order chi connectivity index (χ0) is 18.4. The molecular weight excluding hydrogens is 332 g/mol. The number of pyridine rings is 1. The summed E-state index contributed by atoms with van der Waals surface area (Å²) in [5, 5.41) is 9.70. The van der Waals surface area contributed by atoms with E-state index in [2.05, 4.69) is 20.8 Å². The second kappa shape index (κ2) is 8.15. The average molecular weight is 352 g/mol. The van der Waals surface area contributed by atoms with Crippen molar-refractivity contribution in [1.29, 1.82) is 0 Å². The van der Waals surface area contributed by atoms with Crippen molar-refractivity contribution in [1.82, 2.24) is 10.1 Å². The van der Waals surface area contributed by atoms with Crippen molar-refractivity contribution in [2.24, 2.45) is 0 Å². The largest absolute Gasteiger partial charge is 0.497 e. The molecule has 7 heteroatoms. The summed E-state index contributed by atoms with van der Waals surface area (Å²) in [6.07, 6.45) is 4.02. The lowest BCUT2D eigenvalue weighted by Gasteiger charge is -2.08. The predicted molar refractivity (Wildman–Crippen MR) is 98.6 cm³/mol. The molecule has 3 rings (SSSR count). The highest BCUT2D eigenvalue weighted by molar-refractivity contribution is 6.04. The Morgan fingerprint density at radius 1 is 1.23 bits per heavy atom. The fourth-order valence-electron chi connectivity index (χ4n) is 2.45. The Labute approximate surface area is 151 Å². The maximum atomic E-state index is 12.3. The minimum absolute atomic E-state index is 0.290. The normalized spacial score (nSPS) is 10.4. The number of anilines is 2. The highest BCUT2D eigenvalue weighted by atomic mass is 16.5. The summed E-state index contributed by atoms with van der Waals surface area (Å²) in [6.45, 7) is 2.47. The second-order valence-corrected chi connectivity index (χ2v) is 5.77. The van der Waals surface area contributed by atoms with Crippen molar-refractivity contribution >= 4 is 17.4 Å². The van der Waals surface area contributed by atoms with Crippen molar-refractivity contribution in [2.45, 2.75) is 13.3 Å². The van der Waals surface area contributed by atoms with Gasteiger partial charge in [0.1, 0.15) is 11.5 Å². The number of rotatable bonds is 7. The van der Waals surface area contributed by atoms with Gasteiger partial charge in [0.05, 0.1) is 18.4 Å². The smallest absolute Gasteiger partial charge is 0.258 e. The molecule has 26 heavy (non-hydrogen) atoms. The maximum absolute atomic E-state index is 12.3. The number of aromatic nitrogens is 2. The van der Waals surface area contributed by atoms with Crippen LogP contribution in [0.5, 0.6) is 5.75 Å². The fourth-order valence-corrected chi connectivity index (χ4v) is 2.45. The van der Waals surface area contributed by atoms with Gasteiger partial charge in [0.15, 0.2) is 5.82 Å². The summed E-state index contributed by atoms with van der Waals surface area (Å²) in [4.78, 5) is 16.4. The quantitative estimate of drug-likeness (QED) is 0.678. The van der Waals surface area contributed by atoms with E-state index >= 15 is 0 Å². The molecule has 0 spiro atoms. The maximum Gasteiger partial charge on any atom is 0.258 e. The number of carbonyl (C=O) groups is 1. The van der Waals surface area contributed by atoms with Crippen molar-refractivity contribution in [3.8, 4) is 5.75 Å². The summed E-state index contributed by atoms with van der Waals surface area (Å²) in [6, 6.07) is 11.3. The van der Waals surface area contributed by atoms with E-state index in [0.717, 1.165) is 17.9 Å². The Morgan fingerprint density at radius 3 is 2.88 bits per heavy atom. The summed E-state index contributed by atoms with van der Waals surface area (Å²) in [5.41, 5.74) is 2.38.